The Kier molecular flexibility index (Phi) is 5.26. The monoisotopic (exact) mass is 319 g/mol. The fourth-order valence-electron chi connectivity index (χ4n) is 2.29. The summed E-state index contributed by atoms with van der Waals surface area (Å²) in [4.78, 5) is 22.6. The average molecular weight is 319 g/mol. The van der Waals surface area contributed by atoms with E-state index in [2.05, 4.69) is 10.1 Å². The van der Waals surface area contributed by atoms with Crippen LogP contribution in [0.3, 0.4) is 0 Å². The zero-order valence-electron chi connectivity index (χ0n) is 13.5. The molecule has 1 amide bonds. The molecule has 0 radical (unpaired) electrons. The number of ether oxygens (including phenoxy) is 3. The fraction of sp³-hybridized carbons (Fsp3) is 0.412. The normalized spacial score (nSPS) is 14.9. The molecular formula is C17H21NO5. The summed E-state index contributed by atoms with van der Waals surface area (Å²) in [5.74, 6) is 0.522. The smallest absolute Gasteiger partial charge is 0.330 e. The number of carbonyl (C=O) groups is 2. The van der Waals surface area contributed by atoms with Crippen LogP contribution in [0.15, 0.2) is 30.4 Å². The van der Waals surface area contributed by atoms with Crippen molar-refractivity contribution in [2.75, 3.05) is 20.3 Å². The Balaban J connectivity index is 1.83. The molecule has 23 heavy (non-hydrogen) atoms. The van der Waals surface area contributed by atoms with Crippen molar-refractivity contribution in [1.29, 1.82) is 0 Å². The quantitative estimate of drug-likeness (QED) is 0.637. The highest BCUT2D eigenvalue weighted by atomic mass is 16.5. The van der Waals surface area contributed by atoms with Crippen LogP contribution in [0.2, 0.25) is 0 Å². The Bertz CT molecular complexity index is 621. The SMILES string of the molecule is COC(=O)/C=C/CNC(=O)COc1cccc2c1OC(C)(C)C2. The van der Waals surface area contributed by atoms with Gasteiger partial charge in [0, 0.05) is 24.6 Å². The van der Waals surface area contributed by atoms with Crippen molar-refractivity contribution in [3.05, 3.63) is 35.9 Å². The molecule has 0 fully saturated rings. The minimum absolute atomic E-state index is 0.119. The van der Waals surface area contributed by atoms with Crippen LogP contribution in [-0.2, 0) is 20.7 Å². The molecule has 0 saturated heterocycles. The second kappa shape index (κ2) is 7.17. The molecule has 1 aromatic carbocycles. The van der Waals surface area contributed by atoms with E-state index in [-0.39, 0.29) is 24.7 Å². The summed E-state index contributed by atoms with van der Waals surface area (Å²) in [6, 6.07) is 5.66. The summed E-state index contributed by atoms with van der Waals surface area (Å²) in [5.41, 5.74) is 0.817. The summed E-state index contributed by atoms with van der Waals surface area (Å²) in [5, 5.41) is 2.62. The Hall–Kier alpha value is -2.50. The zero-order chi connectivity index (χ0) is 16.9. The van der Waals surface area contributed by atoms with Crippen molar-refractivity contribution in [2.45, 2.75) is 25.9 Å². The molecular weight excluding hydrogens is 298 g/mol. The van der Waals surface area contributed by atoms with Crippen LogP contribution in [-0.4, -0.2) is 37.7 Å². The molecule has 0 aromatic heterocycles. The Labute approximate surface area is 135 Å². The number of methoxy groups -OCH3 is 1. The van der Waals surface area contributed by atoms with Crippen LogP contribution in [0.5, 0.6) is 11.5 Å². The Morgan fingerprint density at radius 3 is 2.91 bits per heavy atom. The van der Waals surface area contributed by atoms with Crippen molar-refractivity contribution in [1.82, 2.24) is 5.32 Å². The fourth-order valence-corrected chi connectivity index (χ4v) is 2.29. The summed E-state index contributed by atoms with van der Waals surface area (Å²) < 4.78 is 15.9. The van der Waals surface area contributed by atoms with Crippen molar-refractivity contribution in [3.63, 3.8) is 0 Å². The van der Waals surface area contributed by atoms with Gasteiger partial charge >= 0.3 is 5.97 Å². The number of benzene rings is 1. The highest BCUT2D eigenvalue weighted by Gasteiger charge is 2.32. The van der Waals surface area contributed by atoms with Gasteiger partial charge in [0.25, 0.3) is 5.91 Å². The molecule has 1 aromatic rings. The number of rotatable bonds is 6. The number of nitrogens with one attached hydrogen (secondary N) is 1. The van der Waals surface area contributed by atoms with Crippen molar-refractivity contribution in [3.8, 4) is 11.5 Å². The Morgan fingerprint density at radius 2 is 2.17 bits per heavy atom. The second-order valence-corrected chi connectivity index (χ2v) is 5.80. The number of fused-ring (bicyclic) bond motifs is 1. The molecule has 0 aliphatic carbocycles. The number of hydrogen-bond acceptors (Lipinski definition) is 5. The molecule has 1 heterocycles. The zero-order valence-corrected chi connectivity index (χ0v) is 13.5. The molecule has 0 spiro atoms. The van der Waals surface area contributed by atoms with Crippen LogP contribution < -0.4 is 14.8 Å². The van der Waals surface area contributed by atoms with Gasteiger partial charge in [-0.15, -0.1) is 0 Å². The van der Waals surface area contributed by atoms with Gasteiger partial charge in [0.05, 0.1) is 7.11 Å². The molecule has 6 nitrogen and oxygen atoms in total. The summed E-state index contributed by atoms with van der Waals surface area (Å²) in [6.07, 6.45) is 3.57. The lowest BCUT2D eigenvalue weighted by Crippen LogP contribution is -2.29. The lowest BCUT2D eigenvalue weighted by molar-refractivity contribution is -0.134. The van der Waals surface area contributed by atoms with Gasteiger partial charge in [0.15, 0.2) is 18.1 Å². The lowest BCUT2D eigenvalue weighted by atomic mass is 10.0. The van der Waals surface area contributed by atoms with Crippen molar-refractivity contribution < 1.29 is 23.8 Å². The molecule has 0 atom stereocenters. The second-order valence-electron chi connectivity index (χ2n) is 5.80. The molecule has 1 N–H and O–H groups in total. The average Bonchev–Trinajstić information content (AvgIpc) is 2.83. The molecule has 0 unspecified atom stereocenters. The third-order valence-electron chi connectivity index (χ3n) is 3.29. The first-order chi connectivity index (χ1) is 10.9. The van der Waals surface area contributed by atoms with Crippen molar-refractivity contribution >= 4 is 11.9 Å². The molecule has 0 saturated carbocycles. The van der Waals surface area contributed by atoms with E-state index in [4.69, 9.17) is 9.47 Å². The van der Waals surface area contributed by atoms with Gasteiger partial charge in [0.2, 0.25) is 0 Å². The number of carbonyl (C=O) groups excluding carboxylic acids is 2. The highest BCUT2D eigenvalue weighted by Crippen LogP contribution is 2.41. The minimum atomic E-state index is -0.463. The molecule has 0 bridgehead atoms. The summed E-state index contributed by atoms with van der Waals surface area (Å²) in [6.45, 7) is 4.13. The van der Waals surface area contributed by atoms with E-state index in [0.29, 0.717) is 11.5 Å². The highest BCUT2D eigenvalue weighted by molar-refractivity contribution is 5.82. The van der Waals surface area contributed by atoms with E-state index in [9.17, 15) is 9.59 Å². The number of amides is 1. The van der Waals surface area contributed by atoms with Crippen LogP contribution in [0, 0.1) is 0 Å². The first kappa shape index (κ1) is 16.9. The van der Waals surface area contributed by atoms with Crippen LogP contribution >= 0.6 is 0 Å². The van der Waals surface area contributed by atoms with Gasteiger partial charge in [0.1, 0.15) is 5.60 Å². The van der Waals surface area contributed by atoms with E-state index < -0.39 is 5.97 Å². The Morgan fingerprint density at radius 1 is 1.39 bits per heavy atom. The lowest BCUT2D eigenvalue weighted by Gasteiger charge is -2.18. The first-order valence-corrected chi connectivity index (χ1v) is 7.36. The summed E-state index contributed by atoms with van der Waals surface area (Å²) >= 11 is 0. The van der Waals surface area contributed by atoms with E-state index in [1.165, 1.54) is 19.3 Å². The van der Waals surface area contributed by atoms with Crippen molar-refractivity contribution in [2.24, 2.45) is 0 Å². The predicted octanol–water partition coefficient (Wildman–Crippen LogP) is 1.62. The van der Waals surface area contributed by atoms with Gasteiger partial charge in [-0.25, -0.2) is 4.79 Å². The predicted molar refractivity (Wildman–Crippen MR) is 84.5 cm³/mol. The van der Waals surface area contributed by atoms with Crippen LogP contribution in [0.4, 0.5) is 0 Å². The van der Waals surface area contributed by atoms with Gasteiger partial charge < -0.3 is 19.5 Å². The maximum atomic E-state index is 11.7. The number of hydrogen-bond donors (Lipinski definition) is 1. The van der Waals surface area contributed by atoms with Gasteiger partial charge in [-0.2, -0.15) is 0 Å². The number of para-hydroxylation sites is 1. The molecule has 1 aliphatic rings. The molecule has 1 aliphatic heterocycles. The van der Waals surface area contributed by atoms with E-state index in [1.54, 1.807) is 6.07 Å². The minimum Gasteiger partial charge on any atom is -0.483 e. The maximum absolute atomic E-state index is 11.7. The van der Waals surface area contributed by atoms with Gasteiger partial charge in [-0.3, -0.25) is 4.79 Å². The molecule has 2 rings (SSSR count). The topological polar surface area (TPSA) is 73.9 Å². The molecule has 124 valence electrons. The number of esters is 1. The van der Waals surface area contributed by atoms with Crippen LogP contribution in [0.1, 0.15) is 19.4 Å². The third-order valence-corrected chi connectivity index (χ3v) is 3.29. The standard InChI is InChI=1S/C17H21NO5/c1-17(2)10-12-6-4-7-13(16(12)23-17)22-11-14(19)18-9-5-8-15(20)21-3/h4-8H,9-11H2,1-3H3,(H,18,19)/b8-5+. The van der Waals surface area contributed by atoms with E-state index in [1.807, 2.05) is 26.0 Å². The van der Waals surface area contributed by atoms with Crippen LogP contribution in [0.25, 0.3) is 0 Å². The van der Waals surface area contributed by atoms with E-state index in [0.717, 1.165) is 12.0 Å². The third kappa shape index (κ3) is 4.74. The van der Waals surface area contributed by atoms with Gasteiger partial charge in [-0.1, -0.05) is 18.2 Å². The van der Waals surface area contributed by atoms with E-state index >= 15 is 0 Å². The summed E-state index contributed by atoms with van der Waals surface area (Å²) in [7, 11) is 1.29. The first-order valence-electron chi connectivity index (χ1n) is 7.36. The maximum Gasteiger partial charge on any atom is 0.330 e. The largest absolute Gasteiger partial charge is 0.483 e. The molecule has 6 heteroatoms. The van der Waals surface area contributed by atoms with Gasteiger partial charge in [-0.05, 0) is 19.9 Å².